The van der Waals surface area contributed by atoms with Crippen LogP contribution in [0, 0.1) is 6.92 Å². The second-order valence-electron chi connectivity index (χ2n) is 5.78. The topological polar surface area (TPSA) is 93.0 Å². The summed E-state index contributed by atoms with van der Waals surface area (Å²) >= 11 is 0. The first-order valence-electron chi connectivity index (χ1n) is 7.86. The number of carbonyl (C=O) groups is 2. The van der Waals surface area contributed by atoms with Crippen LogP contribution in [0.1, 0.15) is 24.4 Å². The lowest BCUT2D eigenvalue weighted by molar-refractivity contribution is -0.146. The Hall–Kier alpha value is -2.77. The van der Waals surface area contributed by atoms with Gasteiger partial charge >= 0.3 is 0 Å². The molecule has 3 rings (SSSR count). The van der Waals surface area contributed by atoms with Crippen molar-refractivity contribution < 1.29 is 9.59 Å². The molecule has 2 aromatic rings. The van der Waals surface area contributed by atoms with Crippen LogP contribution in [0.15, 0.2) is 31.0 Å². The van der Waals surface area contributed by atoms with Gasteiger partial charge in [-0.15, -0.1) is 0 Å². The molecule has 1 fully saturated rings. The van der Waals surface area contributed by atoms with Crippen molar-refractivity contribution >= 4 is 11.8 Å². The van der Waals surface area contributed by atoms with E-state index in [1.165, 1.54) is 0 Å². The fourth-order valence-corrected chi connectivity index (χ4v) is 3.30. The number of hydrogen-bond donors (Lipinski definition) is 1. The van der Waals surface area contributed by atoms with Gasteiger partial charge in [-0.2, -0.15) is 0 Å². The third-order valence-corrected chi connectivity index (χ3v) is 4.50. The van der Waals surface area contributed by atoms with Gasteiger partial charge in [0.1, 0.15) is 12.4 Å². The van der Waals surface area contributed by atoms with E-state index in [1.54, 1.807) is 47.5 Å². The quantitative estimate of drug-likeness (QED) is 0.868. The Morgan fingerprint density at radius 1 is 1.29 bits per heavy atom. The van der Waals surface area contributed by atoms with Crippen LogP contribution in [-0.4, -0.2) is 49.8 Å². The predicted octanol–water partition coefficient (Wildman–Crippen LogP) is 0.245. The Balaban J connectivity index is 1.97. The smallest absolute Gasteiger partial charge is 0.252 e. The minimum absolute atomic E-state index is 0.136. The molecule has 1 N–H and O–H groups in total. The standard InChI is InChI=1S/C16H20N6O2/c1-12-19-7-9-21(12)11-14(23)22-8-3-4-16(22,15(24)17-2)13-10-18-5-6-20-13/h5-7,9-10H,3-4,8,11H2,1-2H3,(H,17,24). The largest absolute Gasteiger partial charge is 0.357 e. The van der Waals surface area contributed by atoms with Gasteiger partial charge in [-0.05, 0) is 19.8 Å². The van der Waals surface area contributed by atoms with Gasteiger partial charge in [0, 0.05) is 38.4 Å². The summed E-state index contributed by atoms with van der Waals surface area (Å²) in [4.78, 5) is 39.8. The number of amides is 2. The number of carbonyl (C=O) groups excluding carboxylic acids is 2. The fraction of sp³-hybridized carbons (Fsp3) is 0.438. The Morgan fingerprint density at radius 3 is 2.75 bits per heavy atom. The molecule has 1 unspecified atom stereocenters. The second-order valence-corrected chi connectivity index (χ2v) is 5.78. The summed E-state index contributed by atoms with van der Waals surface area (Å²) in [6, 6.07) is 0. The van der Waals surface area contributed by atoms with Gasteiger partial charge in [0.2, 0.25) is 5.91 Å². The van der Waals surface area contributed by atoms with Gasteiger partial charge in [0.05, 0.1) is 11.9 Å². The molecule has 2 aromatic heterocycles. The van der Waals surface area contributed by atoms with Crippen LogP contribution < -0.4 is 5.32 Å². The maximum absolute atomic E-state index is 12.9. The molecular formula is C16H20N6O2. The molecule has 1 aliphatic rings. The lowest BCUT2D eigenvalue weighted by Gasteiger charge is -2.36. The van der Waals surface area contributed by atoms with Gasteiger partial charge < -0.3 is 14.8 Å². The number of hydrogen-bond acceptors (Lipinski definition) is 5. The van der Waals surface area contributed by atoms with Gasteiger partial charge in [-0.1, -0.05) is 0 Å². The highest BCUT2D eigenvalue weighted by Crippen LogP contribution is 2.38. The molecule has 126 valence electrons. The van der Waals surface area contributed by atoms with Crippen molar-refractivity contribution in [1.82, 2.24) is 29.7 Å². The molecule has 1 saturated heterocycles. The lowest BCUT2D eigenvalue weighted by Crippen LogP contribution is -2.55. The molecule has 8 heteroatoms. The number of aryl methyl sites for hydroxylation is 1. The maximum atomic E-state index is 12.9. The number of nitrogens with zero attached hydrogens (tertiary/aromatic N) is 5. The van der Waals surface area contributed by atoms with E-state index in [0.717, 1.165) is 12.2 Å². The van der Waals surface area contributed by atoms with Crippen LogP contribution >= 0.6 is 0 Å². The van der Waals surface area contributed by atoms with Crippen molar-refractivity contribution in [2.45, 2.75) is 31.8 Å². The normalized spacial score (nSPS) is 20.2. The zero-order valence-electron chi connectivity index (χ0n) is 13.8. The number of likely N-dealkylation sites (tertiary alicyclic amines) is 1. The molecule has 1 aliphatic heterocycles. The molecule has 3 heterocycles. The second kappa shape index (κ2) is 6.38. The molecule has 0 aromatic carbocycles. The zero-order valence-corrected chi connectivity index (χ0v) is 13.8. The molecule has 0 radical (unpaired) electrons. The van der Waals surface area contributed by atoms with E-state index in [1.807, 2.05) is 6.92 Å². The van der Waals surface area contributed by atoms with Crippen molar-refractivity contribution in [1.29, 1.82) is 0 Å². The van der Waals surface area contributed by atoms with E-state index in [2.05, 4.69) is 20.3 Å². The number of nitrogens with one attached hydrogen (secondary N) is 1. The van der Waals surface area contributed by atoms with Crippen LogP contribution in [0.4, 0.5) is 0 Å². The minimum Gasteiger partial charge on any atom is -0.357 e. The summed E-state index contributed by atoms with van der Waals surface area (Å²) in [5.41, 5.74) is -0.605. The third-order valence-electron chi connectivity index (χ3n) is 4.50. The van der Waals surface area contributed by atoms with Crippen LogP contribution in [-0.2, 0) is 21.7 Å². The Kier molecular flexibility index (Phi) is 4.28. The fourth-order valence-electron chi connectivity index (χ4n) is 3.30. The van der Waals surface area contributed by atoms with Crippen molar-refractivity contribution in [3.05, 3.63) is 42.5 Å². The number of rotatable bonds is 4. The average Bonchev–Trinajstić information content (AvgIpc) is 3.22. The van der Waals surface area contributed by atoms with E-state index in [4.69, 9.17) is 0 Å². The number of aromatic nitrogens is 4. The first kappa shape index (κ1) is 16.1. The van der Waals surface area contributed by atoms with Crippen molar-refractivity contribution in [3.8, 4) is 0 Å². The molecule has 0 aliphatic carbocycles. The Bertz CT molecular complexity index is 744. The predicted molar refractivity (Wildman–Crippen MR) is 85.7 cm³/mol. The summed E-state index contributed by atoms with van der Waals surface area (Å²) < 4.78 is 1.77. The summed E-state index contributed by atoms with van der Waals surface area (Å²) in [5, 5.41) is 2.68. The van der Waals surface area contributed by atoms with Crippen LogP contribution in [0.2, 0.25) is 0 Å². The van der Waals surface area contributed by atoms with Gasteiger partial charge in [-0.25, -0.2) is 4.98 Å². The zero-order chi connectivity index (χ0) is 17.2. The van der Waals surface area contributed by atoms with Crippen molar-refractivity contribution in [2.24, 2.45) is 0 Å². The molecule has 0 saturated carbocycles. The minimum atomic E-state index is -1.10. The first-order chi connectivity index (χ1) is 11.6. The molecule has 8 nitrogen and oxygen atoms in total. The summed E-state index contributed by atoms with van der Waals surface area (Å²) in [7, 11) is 1.57. The maximum Gasteiger partial charge on any atom is 0.252 e. The SMILES string of the molecule is CNC(=O)C1(c2cnccn2)CCCN1C(=O)Cn1ccnc1C. The van der Waals surface area contributed by atoms with Crippen LogP contribution in [0.25, 0.3) is 0 Å². The summed E-state index contributed by atoms with van der Waals surface area (Å²) in [5.74, 6) is 0.381. The average molecular weight is 328 g/mol. The van der Waals surface area contributed by atoms with Gasteiger partial charge in [0.15, 0.2) is 5.54 Å². The van der Waals surface area contributed by atoms with Crippen LogP contribution in [0.5, 0.6) is 0 Å². The van der Waals surface area contributed by atoms with Crippen LogP contribution in [0.3, 0.4) is 0 Å². The molecule has 1 atom stereocenters. The molecule has 0 spiro atoms. The highest BCUT2D eigenvalue weighted by molar-refractivity contribution is 5.92. The highest BCUT2D eigenvalue weighted by Gasteiger charge is 2.51. The monoisotopic (exact) mass is 328 g/mol. The van der Waals surface area contributed by atoms with Crippen molar-refractivity contribution in [3.63, 3.8) is 0 Å². The van der Waals surface area contributed by atoms with E-state index in [9.17, 15) is 9.59 Å². The molecule has 24 heavy (non-hydrogen) atoms. The lowest BCUT2D eigenvalue weighted by atomic mass is 9.90. The molecule has 2 amide bonds. The van der Waals surface area contributed by atoms with E-state index in [0.29, 0.717) is 18.7 Å². The third kappa shape index (κ3) is 2.53. The van der Waals surface area contributed by atoms with Gasteiger partial charge in [-0.3, -0.25) is 19.6 Å². The molecular weight excluding hydrogens is 308 g/mol. The highest BCUT2D eigenvalue weighted by atomic mass is 16.2. The molecule has 0 bridgehead atoms. The van der Waals surface area contributed by atoms with E-state index < -0.39 is 5.54 Å². The Morgan fingerprint density at radius 2 is 2.12 bits per heavy atom. The first-order valence-corrected chi connectivity index (χ1v) is 7.86. The number of likely N-dealkylation sites (N-methyl/N-ethyl adjacent to an activating group) is 1. The number of imidazole rings is 1. The summed E-state index contributed by atoms with van der Waals surface area (Å²) in [6.07, 6.45) is 9.33. The summed E-state index contributed by atoms with van der Waals surface area (Å²) in [6.45, 7) is 2.49. The van der Waals surface area contributed by atoms with E-state index in [-0.39, 0.29) is 18.4 Å². The Labute approximate surface area is 139 Å². The van der Waals surface area contributed by atoms with E-state index >= 15 is 0 Å². The van der Waals surface area contributed by atoms with Gasteiger partial charge in [0.25, 0.3) is 5.91 Å². The van der Waals surface area contributed by atoms with Crippen molar-refractivity contribution in [2.75, 3.05) is 13.6 Å².